The van der Waals surface area contributed by atoms with Crippen LogP contribution in [0.4, 0.5) is 4.79 Å². The van der Waals surface area contributed by atoms with E-state index in [9.17, 15) is 9.59 Å². The standard InChI is InChI=1S/C12H21N3O3/c1-9(13)10-2-4-14(5-3-10)8-11(16)15-6-7-18-12(15)17/h9-10H,2-8,13H2,1H3. The second-order valence-electron chi connectivity index (χ2n) is 5.13. The molecule has 2 heterocycles. The van der Waals surface area contributed by atoms with Crippen molar-refractivity contribution < 1.29 is 14.3 Å². The van der Waals surface area contributed by atoms with Gasteiger partial charge in [0.2, 0.25) is 5.91 Å². The molecule has 0 aromatic carbocycles. The van der Waals surface area contributed by atoms with Crippen LogP contribution in [0.1, 0.15) is 19.8 Å². The van der Waals surface area contributed by atoms with E-state index in [-0.39, 0.29) is 11.9 Å². The van der Waals surface area contributed by atoms with Crippen molar-refractivity contribution in [1.29, 1.82) is 0 Å². The summed E-state index contributed by atoms with van der Waals surface area (Å²) in [4.78, 5) is 26.4. The summed E-state index contributed by atoms with van der Waals surface area (Å²) in [6.07, 6.45) is 1.54. The summed E-state index contributed by atoms with van der Waals surface area (Å²) in [5.74, 6) is 0.393. The Balaban J connectivity index is 1.77. The molecule has 0 radical (unpaired) electrons. The lowest BCUT2D eigenvalue weighted by Crippen LogP contribution is -2.45. The Morgan fingerprint density at radius 3 is 2.61 bits per heavy atom. The van der Waals surface area contributed by atoms with Gasteiger partial charge in [-0.2, -0.15) is 0 Å². The molecule has 1 atom stereocenters. The molecule has 2 aliphatic rings. The normalized spacial score (nSPS) is 24.1. The fourth-order valence-electron chi connectivity index (χ4n) is 2.53. The lowest BCUT2D eigenvalue weighted by atomic mass is 9.91. The van der Waals surface area contributed by atoms with Crippen molar-refractivity contribution in [3.8, 4) is 0 Å². The van der Waals surface area contributed by atoms with Crippen LogP contribution >= 0.6 is 0 Å². The van der Waals surface area contributed by atoms with Crippen molar-refractivity contribution >= 4 is 12.0 Å². The first kappa shape index (κ1) is 13.3. The highest BCUT2D eigenvalue weighted by molar-refractivity contribution is 5.94. The van der Waals surface area contributed by atoms with Crippen LogP contribution in [0.2, 0.25) is 0 Å². The van der Waals surface area contributed by atoms with Gasteiger partial charge < -0.3 is 10.5 Å². The highest BCUT2D eigenvalue weighted by atomic mass is 16.6. The molecule has 0 bridgehead atoms. The summed E-state index contributed by atoms with van der Waals surface area (Å²) < 4.78 is 4.76. The highest BCUT2D eigenvalue weighted by Crippen LogP contribution is 2.19. The van der Waals surface area contributed by atoms with Crippen LogP contribution in [0, 0.1) is 5.92 Å². The third-order valence-electron chi connectivity index (χ3n) is 3.80. The van der Waals surface area contributed by atoms with Crippen LogP contribution in [0.5, 0.6) is 0 Å². The van der Waals surface area contributed by atoms with E-state index in [1.807, 2.05) is 6.92 Å². The van der Waals surface area contributed by atoms with Crippen LogP contribution in [0.3, 0.4) is 0 Å². The maximum atomic E-state index is 11.9. The second-order valence-corrected chi connectivity index (χ2v) is 5.13. The third kappa shape index (κ3) is 3.00. The zero-order chi connectivity index (χ0) is 13.1. The quantitative estimate of drug-likeness (QED) is 0.769. The van der Waals surface area contributed by atoms with E-state index in [4.69, 9.17) is 10.5 Å². The van der Waals surface area contributed by atoms with Crippen LogP contribution < -0.4 is 5.73 Å². The number of piperidine rings is 1. The van der Waals surface area contributed by atoms with Crippen molar-refractivity contribution in [2.75, 3.05) is 32.8 Å². The number of likely N-dealkylation sites (tertiary alicyclic amines) is 1. The molecule has 0 aliphatic carbocycles. The van der Waals surface area contributed by atoms with Gasteiger partial charge in [-0.25, -0.2) is 9.69 Å². The van der Waals surface area contributed by atoms with Crippen molar-refractivity contribution in [2.45, 2.75) is 25.8 Å². The van der Waals surface area contributed by atoms with E-state index < -0.39 is 6.09 Å². The van der Waals surface area contributed by atoms with Gasteiger partial charge in [0.05, 0.1) is 13.1 Å². The topological polar surface area (TPSA) is 75.9 Å². The lowest BCUT2D eigenvalue weighted by molar-refractivity contribution is -0.129. The first-order valence-electron chi connectivity index (χ1n) is 6.53. The van der Waals surface area contributed by atoms with Gasteiger partial charge in [-0.15, -0.1) is 0 Å². The van der Waals surface area contributed by atoms with Crippen molar-refractivity contribution in [3.05, 3.63) is 0 Å². The molecule has 1 unspecified atom stereocenters. The fraction of sp³-hybridized carbons (Fsp3) is 0.833. The first-order chi connectivity index (χ1) is 8.58. The number of hydrogen-bond donors (Lipinski definition) is 1. The summed E-state index contributed by atoms with van der Waals surface area (Å²) in [6.45, 7) is 4.79. The largest absolute Gasteiger partial charge is 0.447 e. The Labute approximate surface area is 107 Å². The van der Waals surface area contributed by atoms with Gasteiger partial charge in [0.25, 0.3) is 0 Å². The van der Waals surface area contributed by atoms with Gasteiger partial charge in [0, 0.05) is 6.04 Å². The number of cyclic esters (lactones) is 1. The van der Waals surface area contributed by atoms with Gasteiger partial charge in [-0.1, -0.05) is 0 Å². The number of carbonyl (C=O) groups is 2. The third-order valence-corrected chi connectivity index (χ3v) is 3.80. The molecule has 6 nitrogen and oxygen atoms in total. The van der Waals surface area contributed by atoms with E-state index in [1.54, 1.807) is 0 Å². The average molecular weight is 255 g/mol. The summed E-state index contributed by atoms with van der Waals surface area (Å²) in [5, 5.41) is 0. The number of imide groups is 1. The molecule has 0 saturated carbocycles. The molecule has 0 aromatic rings. The molecule has 2 rings (SSSR count). The minimum Gasteiger partial charge on any atom is -0.447 e. The molecule has 0 aromatic heterocycles. The molecular weight excluding hydrogens is 234 g/mol. The van der Waals surface area contributed by atoms with Crippen molar-refractivity contribution in [1.82, 2.24) is 9.80 Å². The lowest BCUT2D eigenvalue weighted by Gasteiger charge is -2.33. The van der Waals surface area contributed by atoms with Crippen LogP contribution in [-0.4, -0.2) is 60.6 Å². The van der Waals surface area contributed by atoms with E-state index >= 15 is 0 Å². The SMILES string of the molecule is CC(N)C1CCN(CC(=O)N2CCOC2=O)CC1. The van der Waals surface area contributed by atoms with E-state index in [0.29, 0.717) is 25.6 Å². The van der Waals surface area contributed by atoms with Crippen LogP contribution in [0.15, 0.2) is 0 Å². The van der Waals surface area contributed by atoms with Gasteiger partial charge >= 0.3 is 6.09 Å². The second kappa shape index (κ2) is 5.67. The number of carbonyl (C=O) groups excluding carboxylic acids is 2. The molecular formula is C12H21N3O3. The number of hydrogen-bond acceptors (Lipinski definition) is 5. The molecule has 102 valence electrons. The Hall–Kier alpha value is -1.14. The molecule has 2 saturated heterocycles. The van der Waals surface area contributed by atoms with Crippen molar-refractivity contribution in [2.24, 2.45) is 11.7 Å². The zero-order valence-electron chi connectivity index (χ0n) is 10.8. The Bertz CT molecular complexity index is 325. The Morgan fingerprint density at radius 2 is 2.11 bits per heavy atom. The van der Waals surface area contributed by atoms with E-state index in [1.165, 1.54) is 4.90 Å². The van der Waals surface area contributed by atoms with Gasteiger partial charge in [0.15, 0.2) is 0 Å². The minimum atomic E-state index is -0.509. The minimum absolute atomic E-state index is 0.156. The molecule has 0 spiro atoms. The van der Waals surface area contributed by atoms with E-state index in [0.717, 1.165) is 25.9 Å². The molecule has 6 heteroatoms. The summed E-state index contributed by atoms with van der Waals surface area (Å²) in [7, 11) is 0. The van der Waals surface area contributed by atoms with E-state index in [2.05, 4.69) is 4.90 Å². The van der Waals surface area contributed by atoms with Gasteiger partial charge in [-0.05, 0) is 38.8 Å². The monoisotopic (exact) mass is 255 g/mol. The summed E-state index contributed by atoms with van der Waals surface area (Å²) >= 11 is 0. The number of ether oxygens (including phenoxy) is 1. The van der Waals surface area contributed by atoms with Crippen LogP contribution in [-0.2, 0) is 9.53 Å². The molecule has 18 heavy (non-hydrogen) atoms. The number of nitrogens with two attached hydrogens (primary N) is 1. The zero-order valence-corrected chi connectivity index (χ0v) is 10.8. The average Bonchev–Trinajstić information content (AvgIpc) is 2.76. The Kier molecular flexibility index (Phi) is 4.19. The van der Waals surface area contributed by atoms with Gasteiger partial charge in [-0.3, -0.25) is 9.69 Å². The summed E-state index contributed by atoms with van der Waals surface area (Å²) in [5.41, 5.74) is 5.88. The van der Waals surface area contributed by atoms with Crippen molar-refractivity contribution in [3.63, 3.8) is 0 Å². The number of rotatable bonds is 3. The maximum Gasteiger partial charge on any atom is 0.416 e. The smallest absolute Gasteiger partial charge is 0.416 e. The number of nitrogens with zero attached hydrogens (tertiary/aromatic N) is 2. The molecule has 2 fully saturated rings. The fourth-order valence-corrected chi connectivity index (χ4v) is 2.53. The predicted octanol–water partition coefficient (Wildman–Crippen LogP) is 0.0244. The molecule has 2 amide bonds. The maximum absolute atomic E-state index is 11.9. The number of amides is 2. The first-order valence-corrected chi connectivity index (χ1v) is 6.53. The Morgan fingerprint density at radius 1 is 1.44 bits per heavy atom. The molecule has 2 N–H and O–H groups in total. The predicted molar refractivity (Wildman–Crippen MR) is 65.9 cm³/mol. The summed E-state index contributed by atoms with van der Waals surface area (Å²) in [6, 6.07) is 0.219. The highest BCUT2D eigenvalue weighted by Gasteiger charge is 2.30. The van der Waals surface area contributed by atoms with Crippen LogP contribution in [0.25, 0.3) is 0 Å². The van der Waals surface area contributed by atoms with Gasteiger partial charge in [0.1, 0.15) is 6.61 Å². The molecule has 2 aliphatic heterocycles.